The summed E-state index contributed by atoms with van der Waals surface area (Å²) in [6, 6.07) is 13.9. The third-order valence-corrected chi connectivity index (χ3v) is 4.55. The maximum atomic E-state index is 13.5. The van der Waals surface area contributed by atoms with Crippen LogP contribution in [0.25, 0.3) is 0 Å². The van der Waals surface area contributed by atoms with E-state index in [2.05, 4.69) is 31.2 Å². The summed E-state index contributed by atoms with van der Waals surface area (Å²) >= 11 is 3.35. The Bertz CT molecular complexity index is 963. The molecule has 0 aliphatic carbocycles. The Hall–Kier alpha value is -2.81. The Balaban J connectivity index is 1.94. The lowest BCUT2D eigenvalue weighted by molar-refractivity contribution is -0.137. The van der Waals surface area contributed by atoms with Gasteiger partial charge in [0.2, 0.25) is 5.95 Å². The molecule has 5 nitrogen and oxygen atoms in total. The summed E-state index contributed by atoms with van der Waals surface area (Å²) in [6.45, 7) is 2.36. The van der Waals surface area contributed by atoms with Gasteiger partial charge in [-0.3, -0.25) is 0 Å². The van der Waals surface area contributed by atoms with Gasteiger partial charge in [-0.1, -0.05) is 15.9 Å². The second-order valence-corrected chi connectivity index (χ2v) is 6.96. The van der Waals surface area contributed by atoms with Gasteiger partial charge >= 0.3 is 6.18 Å². The van der Waals surface area contributed by atoms with Crippen LogP contribution in [0.15, 0.2) is 59.2 Å². The van der Waals surface area contributed by atoms with Gasteiger partial charge in [0.25, 0.3) is 0 Å². The molecule has 0 saturated carbocycles. The van der Waals surface area contributed by atoms with Crippen molar-refractivity contribution in [1.82, 2.24) is 9.97 Å². The third-order valence-electron chi connectivity index (χ3n) is 4.02. The number of aromatic nitrogens is 2. The minimum Gasteiger partial charge on any atom is -0.494 e. The average Bonchev–Trinajstić information content (AvgIpc) is 2.69. The van der Waals surface area contributed by atoms with Gasteiger partial charge in [0.05, 0.1) is 6.61 Å². The molecule has 0 unspecified atom stereocenters. The topological polar surface area (TPSA) is 50.3 Å². The molecule has 0 radical (unpaired) electrons. The van der Waals surface area contributed by atoms with Crippen LogP contribution in [0, 0.1) is 0 Å². The number of anilines is 4. The maximum Gasteiger partial charge on any atom is 0.421 e. The van der Waals surface area contributed by atoms with Gasteiger partial charge in [-0.15, -0.1) is 0 Å². The number of hydrogen-bond acceptors (Lipinski definition) is 5. The minimum atomic E-state index is -4.59. The van der Waals surface area contributed by atoms with Gasteiger partial charge in [0, 0.05) is 29.1 Å². The molecule has 9 heteroatoms. The number of alkyl halides is 3. The van der Waals surface area contributed by atoms with Crippen molar-refractivity contribution < 1.29 is 17.9 Å². The first-order valence-corrected chi connectivity index (χ1v) is 9.50. The van der Waals surface area contributed by atoms with E-state index >= 15 is 0 Å². The fraction of sp³-hybridized carbons (Fsp3) is 0.200. The molecule has 29 heavy (non-hydrogen) atoms. The minimum absolute atomic E-state index is 0.133. The molecule has 0 saturated heterocycles. The zero-order valence-corrected chi connectivity index (χ0v) is 17.3. The van der Waals surface area contributed by atoms with Crippen molar-refractivity contribution in [3.05, 3.63) is 64.8 Å². The first-order valence-electron chi connectivity index (χ1n) is 8.71. The number of nitrogens with one attached hydrogen (secondary N) is 1. The van der Waals surface area contributed by atoms with Gasteiger partial charge in [-0.25, -0.2) is 4.98 Å². The molecule has 0 spiro atoms. The Labute approximate surface area is 174 Å². The number of benzene rings is 2. The highest BCUT2D eigenvalue weighted by Crippen LogP contribution is 2.36. The van der Waals surface area contributed by atoms with Crippen LogP contribution >= 0.6 is 15.9 Å². The number of halogens is 4. The molecule has 152 valence electrons. The van der Waals surface area contributed by atoms with E-state index in [1.807, 2.05) is 31.2 Å². The van der Waals surface area contributed by atoms with Crippen molar-refractivity contribution >= 4 is 39.1 Å². The highest BCUT2D eigenvalue weighted by molar-refractivity contribution is 9.10. The van der Waals surface area contributed by atoms with Crippen LogP contribution in [-0.2, 0) is 6.18 Å². The number of ether oxygens (including phenoxy) is 1. The molecular formula is C20H18BrF3N4O. The monoisotopic (exact) mass is 466 g/mol. The van der Waals surface area contributed by atoms with Crippen LogP contribution in [0.2, 0.25) is 0 Å². The fourth-order valence-corrected chi connectivity index (χ4v) is 2.82. The second kappa shape index (κ2) is 8.69. The van der Waals surface area contributed by atoms with E-state index in [0.717, 1.165) is 16.4 Å². The molecular weight excluding hydrogens is 449 g/mol. The summed E-state index contributed by atoms with van der Waals surface area (Å²) < 4.78 is 46.6. The van der Waals surface area contributed by atoms with Crippen LogP contribution in [0.4, 0.5) is 36.3 Å². The SMILES string of the molecule is CCOc1ccc(Nc2nc(N(C)c3ccc(Br)cc3)ncc2C(F)(F)F)cc1. The van der Waals surface area contributed by atoms with Crippen LogP contribution in [0.3, 0.4) is 0 Å². The van der Waals surface area contributed by atoms with Crippen molar-refractivity contribution in [1.29, 1.82) is 0 Å². The van der Waals surface area contributed by atoms with E-state index in [1.54, 1.807) is 36.2 Å². The average molecular weight is 467 g/mol. The van der Waals surface area contributed by atoms with E-state index < -0.39 is 11.7 Å². The summed E-state index contributed by atoms with van der Waals surface area (Å²) in [7, 11) is 1.69. The number of hydrogen-bond donors (Lipinski definition) is 1. The standard InChI is InChI=1S/C20H18BrF3N4O/c1-3-29-16-10-6-14(7-11-16)26-18-17(20(22,23)24)12-25-19(27-18)28(2)15-8-4-13(21)5-9-15/h4-12H,3H2,1-2H3,(H,25,26,27). The van der Waals surface area contributed by atoms with E-state index in [4.69, 9.17) is 4.74 Å². The van der Waals surface area contributed by atoms with Crippen LogP contribution < -0.4 is 15.0 Å². The van der Waals surface area contributed by atoms with Gasteiger partial charge in [-0.05, 0) is 55.5 Å². The van der Waals surface area contributed by atoms with Crippen LogP contribution in [0.5, 0.6) is 5.75 Å². The third kappa shape index (κ3) is 5.17. The molecule has 0 atom stereocenters. The van der Waals surface area contributed by atoms with E-state index in [-0.39, 0.29) is 11.8 Å². The molecule has 3 aromatic rings. The molecule has 0 fully saturated rings. The fourth-order valence-electron chi connectivity index (χ4n) is 2.55. The van der Waals surface area contributed by atoms with Gasteiger partial charge in [-0.2, -0.15) is 18.2 Å². The first kappa shape index (κ1) is 20.9. The Morgan fingerprint density at radius 3 is 2.31 bits per heavy atom. The molecule has 3 rings (SSSR count). The molecule has 1 heterocycles. The zero-order valence-electron chi connectivity index (χ0n) is 15.7. The normalized spacial score (nSPS) is 11.2. The summed E-state index contributed by atoms with van der Waals surface area (Å²) in [5, 5.41) is 2.74. The molecule has 1 aromatic heterocycles. The molecule has 0 aliphatic heterocycles. The predicted octanol–water partition coefficient (Wildman–Crippen LogP) is 6.17. The summed E-state index contributed by atoms with van der Waals surface area (Å²) in [5.41, 5.74) is 0.245. The van der Waals surface area contributed by atoms with Crippen LogP contribution in [-0.4, -0.2) is 23.6 Å². The van der Waals surface area contributed by atoms with Crippen molar-refractivity contribution in [3.8, 4) is 5.75 Å². The van der Waals surface area contributed by atoms with E-state index in [9.17, 15) is 13.2 Å². The van der Waals surface area contributed by atoms with Gasteiger partial charge in [0.15, 0.2) is 0 Å². The number of nitrogens with zero attached hydrogens (tertiary/aromatic N) is 3. The quantitative estimate of drug-likeness (QED) is 0.470. The number of rotatable bonds is 6. The zero-order chi connectivity index (χ0) is 21.0. The van der Waals surface area contributed by atoms with Crippen molar-refractivity contribution in [2.75, 3.05) is 23.9 Å². The predicted molar refractivity (Wildman–Crippen MR) is 110 cm³/mol. The Morgan fingerprint density at radius 2 is 1.72 bits per heavy atom. The van der Waals surface area contributed by atoms with Crippen molar-refractivity contribution in [3.63, 3.8) is 0 Å². The lowest BCUT2D eigenvalue weighted by atomic mass is 10.2. The summed E-state index contributed by atoms with van der Waals surface area (Å²) in [4.78, 5) is 9.65. The summed E-state index contributed by atoms with van der Waals surface area (Å²) in [5.74, 6) is 0.442. The molecule has 0 amide bonds. The highest BCUT2D eigenvalue weighted by atomic mass is 79.9. The Kier molecular flexibility index (Phi) is 6.26. The van der Waals surface area contributed by atoms with Gasteiger partial charge < -0.3 is 15.0 Å². The molecule has 1 N–H and O–H groups in total. The van der Waals surface area contributed by atoms with Crippen molar-refractivity contribution in [2.24, 2.45) is 0 Å². The lowest BCUT2D eigenvalue weighted by Crippen LogP contribution is -2.17. The summed E-state index contributed by atoms with van der Waals surface area (Å²) in [6.07, 6.45) is -3.81. The first-order chi connectivity index (χ1) is 13.8. The molecule has 0 bridgehead atoms. The van der Waals surface area contributed by atoms with Gasteiger partial charge in [0.1, 0.15) is 17.1 Å². The highest BCUT2D eigenvalue weighted by Gasteiger charge is 2.35. The molecule has 2 aromatic carbocycles. The van der Waals surface area contributed by atoms with Crippen molar-refractivity contribution in [2.45, 2.75) is 13.1 Å². The smallest absolute Gasteiger partial charge is 0.421 e. The van der Waals surface area contributed by atoms with Crippen LogP contribution in [0.1, 0.15) is 12.5 Å². The second-order valence-electron chi connectivity index (χ2n) is 6.05. The van der Waals surface area contributed by atoms with E-state index in [0.29, 0.717) is 18.0 Å². The lowest BCUT2D eigenvalue weighted by Gasteiger charge is -2.20. The largest absolute Gasteiger partial charge is 0.494 e. The van der Waals surface area contributed by atoms with E-state index in [1.165, 1.54) is 0 Å². The Morgan fingerprint density at radius 1 is 1.07 bits per heavy atom. The molecule has 0 aliphatic rings. The maximum absolute atomic E-state index is 13.5.